The van der Waals surface area contributed by atoms with Crippen LogP contribution in [0.3, 0.4) is 0 Å². The largest absolute Gasteiger partial charge is 0.352 e. The molecule has 4 nitrogen and oxygen atoms in total. The van der Waals surface area contributed by atoms with Gasteiger partial charge in [-0.1, -0.05) is 44.2 Å². The standard InChI is InChI=1S/C21H33N3O/c1-16-13-24(15-18-7-5-4-6-8-18)14-17(2)20(16)22-21(25)19-9-11-23(3)12-10-19/h4-8,16-17,19-20H,9-15H2,1-3H3,(H,22,25). The zero-order chi connectivity index (χ0) is 17.8. The van der Waals surface area contributed by atoms with Crippen LogP contribution < -0.4 is 5.32 Å². The van der Waals surface area contributed by atoms with Gasteiger partial charge in [0.1, 0.15) is 0 Å². The van der Waals surface area contributed by atoms with E-state index in [4.69, 9.17) is 0 Å². The lowest BCUT2D eigenvalue weighted by Gasteiger charge is -2.42. The molecule has 138 valence electrons. The maximum absolute atomic E-state index is 12.7. The third-order valence-electron chi connectivity index (χ3n) is 5.97. The topological polar surface area (TPSA) is 35.6 Å². The molecular weight excluding hydrogens is 310 g/mol. The molecule has 3 rings (SSSR count). The first-order valence-corrected chi connectivity index (χ1v) is 9.78. The van der Waals surface area contributed by atoms with Crippen LogP contribution in [0.4, 0.5) is 0 Å². The highest BCUT2D eigenvalue weighted by molar-refractivity contribution is 5.79. The molecule has 2 atom stereocenters. The summed E-state index contributed by atoms with van der Waals surface area (Å²) in [5.74, 6) is 1.47. The molecule has 2 unspecified atom stereocenters. The van der Waals surface area contributed by atoms with E-state index >= 15 is 0 Å². The highest BCUT2D eigenvalue weighted by Gasteiger charge is 2.34. The Kier molecular flexibility index (Phi) is 6.13. The van der Waals surface area contributed by atoms with Gasteiger partial charge in [0, 0.05) is 31.6 Å². The number of rotatable bonds is 4. The van der Waals surface area contributed by atoms with Gasteiger partial charge in [-0.2, -0.15) is 0 Å². The van der Waals surface area contributed by atoms with Gasteiger partial charge < -0.3 is 10.2 Å². The van der Waals surface area contributed by atoms with Gasteiger partial charge in [0.05, 0.1) is 0 Å². The summed E-state index contributed by atoms with van der Waals surface area (Å²) in [5.41, 5.74) is 1.37. The van der Waals surface area contributed by atoms with Crippen molar-refractivity contribution < 1.29 is 4.79 Å². The number of carbonyl (C=O) groups excluding carboxylic acids is 1. The van der Waals surface area contributed by atoms with Gasteiger partial charge in [-0.05, 0) is 50.4 Å². The molecule has 1 aromatic carbocycles. The van der Waals surface area contributed by atoms with E-state index in [0.29, 0.717) is 17.9 Å². The minimum atomic E-state index is 0.206. The molecule has 2 aliphatic rings. The number of hydrogen-bond donors (Lipinski definition) is 1. The van der Waals surface area contributed by atoms with E-state index in [1.807, 2.05) is 0 Å². The zero-order valence-electron chi connectivity index (χ0n) is 15.9. The summed E-state index contributed by atoms with van der Waals surface area (Å²) < 4.78 is 0. The van der Waals surface area contributed by atoms with Crippen LogP contribution in [0.25, 0.3) is 0 Å². The van der Waals surface area contributed by atoms with Gasteiger partial charge in [0.15, 0.2) is 0 Å². The van der Waals surface area contributed by atoms with Crippen LogP contribution >= 0.6 is 0 Å². The number of benzene rings is 1. The van der Waals surface area contributed by atoms with E-state index in [-0.39, 0.29) is 11.8 Å². The van der Waals surface area contributed by atoms with Crippen molar-refractivity contribution >= 4 is 5.91 Å². The molecule has 0 aliphatic carbocycles. The summed E-state index contributed by atoms with van der Waals surface area (Å²) in [7, 11) is 2.14. The fourth-order valence-corrected chi connectivity index (χ4v) is 4.49. The summed E-state index contributed by atoms with van der Waals surface area (Å²) in [6.07, 6.45) is 2.00. The predicted octanol–water partition coefficient (Wildman–Crippen LogP) is 2.60. The zero-order valence-corrected chi connectivity index (χ0v) is 15.9. The van der Waals surface area contributed by atoms with Crippen molar-refractivity contribution in [2.75, 3.05) is 33.2 Å². The quantitative estimate of drug-likeness (QED) is 0.913. The van der Waals surface area contributed by atoms with Crippen LogP contribution in [0.5, 0.6) is 0 Å². The van der Waals surface area contributed by atoms with Gasteiger partial charge in [-0.25, -0.2) is 0 Å². The number of hydrogen-bond acceptors (Lipinski definition) is 3. The molecule has 0 aromatic heterocycles. The molecule has 2 aliphatic heterocycles. The molecule has 1 amide bonds. The summed E-state index contributed by atoms with van der Waals surface area (Å²) in [4.78, 5) is 17.5. The monoisotopic (exact) mass is 343 g/mol. The van der Waals surface area contributed by atoms with Gasteiger partial charge in [-0.3, -0.25) is 9.69 Å². The third kappa shape index (κ3) is 4.83. The second kappa shape index (κ2) is 8.33. The van der Waals surface area contributed by atoms with E-state index in [9.17, 15) is 4.79 Å². The molecule has 4 heteroatoms. The number of amides is 1. The normalized spacial score (nSPS) is 29.5. The molecule has 2 fully saturated rings. The van der Waals surface area contributed by atoms with Gasteiger partial charge in [0.2, 0.25) is 5.91 Å². The molecular formula is C21H33N3O. The maximum atomic E-state index is 12.7. The minimum Gasteiger partial charge on any atom is -0.352 e. The fraction of sp³-hybridized carbons (Fsp3) is 0.667. The number of carbonyl (C=O) groups is 1. The van der Waals surface area contributed by atoms with Crippen LogP contribution in [0.15, 0.2) is 30.3 Å². The van der Waals surface area contributed by atoms with Crippen molar-refractivity contribution in [2.45, 2.75) is 39.3 Å². The van der Waals surface area contributed by atoms with Crippen molar-refractivity contribution in [1.29, 1.82) is 0 Å². The van der Waals surface area contributed by atoms with E-state index < -0.39 is 0 Å². The smallest absolute Gasteiger partial charge is 0.223 e. The number of nitrogens with zero attached hydrogens (tertiary/aromatic N) is 2. The summed E-state index contributed by atoms with van der Waals surface area (Å²) in [6, 6.07) is 11.0. The first-order chi connectivity index (χ1) is 12.0. The van der Waals surface area contributed by atoms with Gasteiger partial charge >= 0.3 is 0 Å². The summed E-state index contributed by atoms with van der Waals surface area (Å²) in [6.45, 7) is 9.76. The molecule has 0 saturated carbocycles. The third-order valence-corrected chi connectivity index (χ3v) is 5.97. The molecule has 25 heavy (non-hydrogen) atoms. The van der Waals surface area contributed by atoms with Crippen LogP contribution in [0, 0.1) is 17.8 Å². The van der Waals surface area contributed by atoms with Crippen LogP contribution in [0.1, 0.15) is 32.3 Å². The lowest BCUT2D eigenvalue weighted by molar-refractivity contribution is -0.128. The molecule has 1 aromatic rings. The van der Waals surface area contributed by atoms with E-state index in [0.717, 1.165) is 45.6 Å². The Hall–Kier alpha value is -1.39. The van der Waals surface area contributed by atoms with Crippen molar-refractivity contribution in [2.24, 2.45) is 17.8 Å². The summed E-state index contributed by atoms with van der Waals surface area (Å²) >= 11 is 0. The Morgan fingerprint density at radius 2 is 1.68 bits per heavy atom. The molecule has 2 saturated heterocycles. The maximum Gasteiger partial charge on any atom is 0.223 e. The average molecular weight is 344 g/mol. The minimum absolute atomic E-state index is 0.206. The van der Waals surface area contributed by atoms with Crippen LogP contribution in [-0.2, 0) is 11.3 Å². The van der Waals surface area contributed by atoms with Crippen molar-refractivity contribution in [3.8, 4) is 0 Å². The Bertz CT molecular complexity index is 542. The Balaban J connectivity index is 1.53. The molecule has 0 spiro atoms. The van der Waals surface area contributed by atoms with Crippen molar-refractivity contribution in [3.05, 3.63) is 35.9 Å². The molecule has 1 N–H and O–H groups in total. The first kappa shape index (κ1) is 18.4. The molecule has 0 bridgehead atoms. The lowest BCUT2D eigenvalue weighted by Crippen LogP contribution is -2.56. The average Bonchev–Trinajstić information content (AvgIpc) is 2.59. The number of nitrogens with one attached hydrogen (secondary N) is 1. The Morgan fingerprint density at radius 3 is 2.28 bits per heavy atom. The van der Waals surface area contributed by atoms with Crippen LogP contribution in [0.2, 0.25) is 0 Å². The van der Waals surface area contributed by atoms with Crippen LogP contribution in [-0.4, -0.2) is 55.0 Å². The summed E-state index contributed by atoms with van der Waals surface area (Å²) in [5, 5.41) is 3.40. The number of piperidine rings is 2. The molecule has 2 heterocycles. The Labute approximate surface area is 152 Å². The Morgan fingerprint density at radius 1 is 1.08 bits per heavy atom. The van der Waals surface area contributed by atoms with E-state index in [1.54, 1.807) is 0 Å². The van der Waals surface area contributed by atoms with Gasteiger partial charge in [-0.15, -0.1) is 0 Å². The SMILES string of the molecule is CC1CN(Cc2ccccc2)CC(C)C1NC(=O)C1CCN(C)CC1. The second-order valence-corrected chi connectivity index (χ2v) is 8.25. The fourth-order valence-electron chi connectivity index (χ4n) is 4.49. The van der Waals surface area contributed by atoms with Crippen molar-refractivity contribution in [3.63, 3.8) is 0 Å². The number of likely N-dealkylation sites (tertiary alicyclic amines) is 2. The second-order valence-electron chi connectivity index (χ2n) is 8.25. The highest BCUT2D eigenvalue weighted by atomic mass is 16.2. The first-order valence-electron chi connectivity index (χ1n) is 9.78. The van der Waals surface area contributed by atoms with E-state index in [1.165, 1.54) is 5.56 Å². The van der Waals surface area contributed by atoms with Gasteiger partial charge in [0.25, 0.3) is 0 Å². The molecule has 0 radical (unpaired) electrons. The highest BCUT2D eigenvalue weighted by Crippen LogP contribution is 2.25. The van der Waals surface area contributed by atoms with E-state index in [2.05, 4.69) is 66.3 Å². The lowest BCUT2D eigenvalue weighted by atomic mass is 9.84. The predicted molar refractivity (Wildman–Crippen MR) is 102 cm³/mol. The van der Waals surface area contributed by atoms with Crippen molar-refractivity contribution in [1.82, 2.24) is 15.1 Å².